The number of esters is 1. The molecule has 1 N–H and O–H groups in total. The Bertz CT molecular complexity index is 953. The Morgan fingerprint density at radius 2 is 1.69 bits per heavy atom. The van der Waals surface area contributed by atoms with Crippen molar-refractivity contribution in [1.29, 1.82) is 0 Å². The molecule has 0 unspecified atom stereocenters. The summed E-state index contributed by atoms with van der Waals surface area (Å²) in [5, 5.41) is 0. The fourth-order valence-corrected chi connectivity index (χ4v) is 3.65. The van der Waals surface area contributed by atoms with E-state index in [4.69, 9.17) is 9.47 Å². The third-order valence-corrected chi connectivity index (χ3v) is 5.54. The van der Waals surface area contributed by atoms with Crippen molar-refractivity contribution in [2.24, 2.45) is 0 Å². The quantitative estimate of drug-likeness (QED) is 0.626. The van der Waals surface area contributed by atoms with Crippen molar-refractivity contribution in [1.82, 2.24) is 4.90 Å². The number of amides is 1. The average molecular weight is 420 g/mol. The van der Waals surface area contributed by atoms with Crippen molar-refractivity contribution in [3.8, 4) is 5.75 Å². The van der Waals surface area contributed by atoms with E-state index in [0.29, 0.717) is 24.5 Å². The Kier molecular flexibility index (Phi) is 7.60. The molecule has 0 saturated carbocycles. The molecule has 0 aliphatic carbocycles. The van der Waals surface area contributed by atoms with Gasteiger partial charge in [0.2, 0.25) is 0 Å². The number of rotatable bonds is 9. The van der Waals surface area contributed by atoms with Crippen LogP contribution in [0.15, 0.2) is 53.4 Å². The number of methoxy groups -OCH3 is 1. The maximum atomic E-state index is 12.6. The number of nitrogens with one attached hydrogen (secondary N) is 1. The molecule has 2 aromatic rings. The van der Waals surface area contributed by atoms with Crippen molar-refractivity contribution in [3.05, 3.63) is 54.1 Å². The number of benzene rings is 2. The van der Waals surface area contributed by atoms with Gasteiger partial charge in [0.15, 0.2) is 6.61 Å². The summed E-state index contributed by atoms with van der Waals surface area (Å²) in [4.78, 5) is 25.6. The van der Waals surface area contributed by atoms with E-state index >= 15 is 0 Å². The fraction of sp³-hybridized carbons (Fsp3) is 0.300. The molecular weight excluding hydrogens is 396 g/mol. The van der Waals surface area contributed by atoms with Gasteiger partial charge in [-0.1, -0.05) is 6.07 Å². The van der Waals surface area contributed by atoms with Crippen LogP contribution in [0.2, 0.25) is 0 Å². The average Bonchev–Trinajstić information content (AvgIpc) is 2.73. The van der Waals surface area contributed by atoms with Crippen molar-refractivity contribution >= 4 is 27.6 Å². The summed E-state index contributed by atoms with van der Waals surface area (Å²) < 4.78 is 37.7. The molecule has 0 spiro atoms. The summed E-state index contributed by atoms with van der Waals surface area (Å²) in [6.45, 7) is 4.28. The molecule has 156 valence electrons. The molecular formula is C20H24N2O6S. The van der Waals surface area contributed by atoms with Crippen LogP contribution in [0.25, 0.3) is 0 Å². The van der Waals surface area contributed by atoms with E-state index in [9.17, 15) is 18.0 Å². The highest BCUT2D eigenvalue weighted by Gasteiger charge is 2.18. The molecule has 8 nitrogen and oxygen atoms in total. The maximum absolute atomic E-state index is 12.6. The highest BCUT2D eigenvalue weighted by Crippen LogP contribution is 2.20. The summed E-state index contributed by atoms with van der Waals surface area (Å²) in [5.41, 5.74) is 0.388. The molecule has 0 atom stereocenters. The standard InChI is InChI=1S/C20H24N2O6S/c1-4-22(5-2)19(23)14-28-20(24)15-7-6-8-18(13-15)29(25,26)21-16-9-11-17(27-3)12-10-16/h6-13,21H,4-5,14H2,1-3H3. The fourth-order valence-electron chi connectivity index (χ4n) is 2.54. The Balaban J connectivity index is 2.10. The van der Waals surface area contributed by atoms with Gasteiger partial charge in [-0.3, -0.25) is 9.52 Å². The number of carbonyl (C=O) groups excluding carboxylic acids is 2. The van der Waals surface area contributed by atoms with Gasteiger partial charge in [-0.05, 0) is 56.3 Å². The zero-order valence-corrected chi connectivity index (χ0v) is 17.4. The van der Waals surface area contributed by atoms with Crippen LogP contribution in [0.4, 0.5) is 5.69 Å². The molecule has 0 bridgehead atoms. The number of carbonyl (C=O) groups is 2. The zero-order chi connectivity index (χ0) is 21.4. The lowest BCUT2D eigenvalue weighted by Crippen LogP contribution is -2.34. The third-order valence-electron chi connectivity index (χ3n) is 4.17. The molecule has 0 aliphatic heterocycles. The van der Waals surface area contributed by atoms with Gasteiger partial charge in [0, 0.05) is 18.8 Å². The van der Waals surface area contributed by atoms with Crippen LogP contribution in [0.5, 0.6) is 5.75 Å². The van der Waals surface area contributed by atoms with Gasteiger partial charge in [0.25, 0.3) is 15.9 Å². The van der Waals surface area contributed by atoms with Crippen LogP contribution in [-0.4, -0.2) is 52.0 Å². The topological polar surface area (TPSA) is 102 Å². The van der Waals surface area contributed by atoms with Crippen LogP contribution >= 0.6 is 0 Å². The number of hydrogen-bond acceptors (Lipinski definition) is 6. The van der Waals surface area contributed by atoms with Gasteiger partial charge in [-0.15, -0.1) is 0 Å². The molecule has 0 saturated heterocycles. The molecule has 0 heterocycles. The van der Waals surface area contributed by atoms with Gasteiger partial charge < -0.3 is 14.4 Å². The van der Waals surface area contributed by atoms with Crippen LogP contribution in [0.3, 0.4) is 0 Å². The number of sulfonamides is 1. The van der Waals surface area contributed by atoms with Gasteiger partial charge in [-0.25, -0.2) is 13.2 Å². The lowest BCUT2D eigenvalue weighted by molar-refractivity contribution is -0.134. The predicted molar refractivity (Wildman–Crippen MR) is 108 cm³/mol. The molecule has 2 aromatic carbocycles. The Morgan fingerprint density at radius 1 is 1.03 bits per heavy atom. The third kappa shape index (κ3) is 5.95. The normalized spacial score (nSPS) is 10.9. The first-order valence-electron chi connectivity index (χ1n) is 9.02. The van der Waals surface area contributed by atoms with Crippen molar-refractivity contribution in [2.45, 2.75) is 18.7 Å². The molecule has 0 aromatic heterocycles. The molecule has 0 fully saturated rings. The first kappa shape index (κ1) is 22.2. The second kappa shape index (κ2) is 9.92. The summed E-state index contributed by atoms with van der Waals surface area (Å²) in [7, 11) is -2.40. The summed E-state index contributed by atoms with van der Waals surface area (Å²) in [6, 6.07) is 11.8. The number of ether oxygens (including phenoxy) is 2. The molecule has 1 amide bonds. The van der Waals surface area contributed by atoms with Gasteiger partial charge in [0.1, 0.15) is 5.75 Å². The molecule has 2 rings (SSSR count). The Hall–Kier alpha value is -3.07. The van der Waals surface area contributed by atoms with Crippen molar-refractivity contribution in [2.75, 3.05) is 31.5 Å². The minimum Gasteiger partial charge on any atom is -0.497 e. The number of hydrogen-bond donors (Lipinski definition) is 1. The minimum atomic E-state index is -3.92. The SMILES string of the molecule is CCN(CC)C(=O)COC(=O)c1cccc(S(=O)(=O)Nc2ccc(OC)cc2)c1. The molecule has 29 heavy (non-hydrogen) atoms. The summed E-state index contributed by atoms with van der Waals surface area (Å²) >= 11 is 0. The van der Waals surface area contributed by atoms with E-state index in [1.807, 2.05) is 13.8 Å². The van der Waals surface area contributed by atoms with Crippen molar-refractivity contribution < 1.29 is 27.5 Å². The van der Waals surface area contributed by atoms with Crippen LogP contribution in [0, 0.1) is 0 Å². The lowest BCUT2D eigenvalue weighted by Gasteiger charge is -2.18. The highest BCUT2D eigenvalue weighted by atomic mass is 32.2. The van der Waals surface area contributed by atoms with E-state index in [0.717, 1.165) is 0 Å². The van der Waals surface area contributed by atoms with E-state index in [-0.39, 0.29) is 16.4 Å². The molecule has 9 heteroatoms. The lowest BCUT2D eigenvalue weighted by atomic mass is 10.2. The van der Waals surface area contributed by atoms with Crippen LogP contribution < -0.4 is 9.46 Å². The summed E-state index contributed by atoms with van der Waals surface area (Å²) in [6.07, 6.45) is 0. The molecule has 0 radical (unpaired) electrons. The van der Waals surface area contributed by atoms with Crippen LogP contribution in [-0.2, 0) is 19.6 Å². The van der Waals surface area contributed by atoms with E-state index in [2.05, 4.69) is 4.72 Å². The van der Waals surface area contributed by atoms with E-state index < -0.39 is 22.6 Å². The Morgan fingerprint density at radius 3 is 2.28 bits per heavy atom. The maximum Gasteiger partial charge on any atom is 0.338 e. The number of nitrogens with zero attached hydrogens (tertiary/aromatic N) is 1. The zero-order valence-electron chi connectivity index (χ0n) is 16.5. The minimum absolute atomic E-state index is 0.0370. The van der Waals surface area contributed by atoms with Gasteiger partial charge >= 0.3 is 5.97 Å². The summed E-state index contributed by atoms with van der Waals surface area (Å²) in [5.74, 6) is -0.489. The smallest absolute Gasteiger partial charge is 0.338 e. The number of anilines is 1. The first-order chi connectivity index (χ1) is 13.8. The van der Waals surface area contributed by atoms with Crippen molar-refractivity contribution in [3.63, 3.8) is 0 Å². The second-order valence-electron chi connectivity index (χ2n) is 6.00. The van der Waals surface area contributed by atoms with Gasteiger partial charge in [-0.2, -0.15) is 0 Å². The number of likely N-dealkylation sites (N-methyl/N-ethyl adjacent to an activating group) is 1. The Labute approximate surface area is 170 Å². The van der Waals surface area contributed by atoms with Gasteiger partial charge in [0.05, 0.1) is 17.6 Å². The molecule has 0 aliphatic rings. The van der Waals surface area contributed by atoms with E-state index in [1.54, 1.807) is 24.3 Å². The van der Waals surface area contributed by atoms with Crippen LogP contribution in [0.1, 0.15) is 24.2 Å². The largest absolute Gasteiger partial charge is 0.497 e. The monoisotopic (exact) mass is 420 g/mol. The predicted octanol–water partition coefficient (Wildman–Crippen LogP) is 2.52. The first-order valence-corrected chi connectivity index (χ1v) is 10.5. The van der Waals surface area contributed by atoms with E-state index in [1.165, 1.54) is 36.3 Å². The second-order valence-corrected chi connectivity index (χ2v) is 7.69. The highest BCUT2D eigenvalue weighted by molar-refractivity contribution is 7.92.